The van der Waals surface area contributed by atoms with E-state index in [1.54, 1.807) is 0 Å². The van der Waals surface area contributed by atoms with Crippen LogP contribution in [0.15, 0.2) is 35.2 Å². The minimum Gasteiger partial charge on any atom is -0.383 e. The predicted octanol–water partition coefficient (Wildman–Crippen LogP) is 4.42. The molecular weight excluding hydrogens is 586 g/mol. The maximum atomic E-state index is 14.2. The summed E-state index contributed by atoms with van der Waals surface area (Å²) in [7, 11) is 0. The number of amides is 2. The number of hydrogen-bond donors (Lipinski definition) is 2. The summed E-state index contributed by atoms with van der Waals surface area (Å²) in [6.07, 6.45) is -2.27. The van der Waals surface area contributed by atoms with Crippen molar-refractivity contribution in [1.82, 2.24) is 24.4 Å². The molecule has 2 aliphatic rings. The number of carbonyl (C=O) groups excluding carboxylic acids is 2. The molecule has 4 heterocycles. The van der Waals surface area contributed by atoms with Crippen LogP contribution in [0.2, 0.25) is 0 Å². The van der Waals surface area contributed by atoms with Crippen molar-refractivity contribution in [3.05, 3.63) is 52.1 Å². The minimum atomic E-state index is -4.59. The number of fused-ring (bicyclic) bond motifs is 4. The summed E-state index contributed by atoms with van der Waals surface area (Å²) >= 11 is 3.14. The Balaban J connectivity index is 1.37. The zero-order valence-electron chi connectivity index (χ0n) is 20.3. The molecule has 1 aliphatic heterocycles. The number of nitrogens with zero attached hydrogens (tertiary/aromatic N) is 5. The Labute approximate surface area is 226 Å². The van der Waals surface area contributed by atoms with Gasteiger partial charge >= 0.3 is 6.18 Å². The SMILES string of the molecule is Cc1cc(C(F)(F)F)cc2c3c(N)ncnc3n(CC(=O)N3[C@@H]4CC4C[C@H]3C(=O)Nc3nc(Br)ccc3F)c12. The van der Waals surface area contributed by atoms with E-state index in [1.807, 2.05) is 0 Å². The van der Waals surface area contributed by atoms with Gasteiger partial charge in [0.2, 0.25) is 11.8 Å². The van der Waals surface area contributed by atoms with Crippen LogP contribution in [0.3, 0.4) is 0 Å². The lowest BCUT2D eigenvalue weighted by Gasteiger charge is -2.27. The first-order valence-electron chi connectivity index (χ1n) is 12.0. The normalized spacial score (nSPS) is 20.5. The average molecular weight is 606 g/mol. The maximum Gasteiger partial charge on any atom is 0.416 e. The number of nitrogens with one attached hydrogen (secondary N) is 1. The highest BCUT2D eigenvalue weighted by Crippen LogP contribution is 2.48. The summed E-state index contributed by atoms with van der Waals surface area (Å²) in [6, 6.07) is 3.53. The molecule has 2 fully saturated rings. The van der Waals surface area contributed by atoms with E-state index in [-0.39, 0.29) is 52.1 Å². The van der Waals surface area contributed by atoms with Crippen molar-refractivity contribution >= 4 is 61.3 Å². The molecule has 1 aromatic carbocycles. The largest absolute Gasteiger partial charge is 0.416 e. The van der Waals surface area contributed by atoms with Crippen LogP contribution in [0, 0.1) is 18.7 Å². The predicted molar refractivity (Wildman–Crippen MR) is 137 cm³/mol. The van der Waals surface area contributed by atoms with Crippen LogP contribution in [0.25, 0.3) is 21.9 Å². The number of aryl methyl sites for hydroxylation is 1. The number of benzene rings is 1. The molecular formula is C25H20BrF4N7O2. The molecule has 4 aromatic rings. The van der Waals surface area contributed by atoms with Gasteiger partial charge in [-0.2, -0.15) is 13.2 Å². The van der Waals surface area contributed by atoms with Crippen LogP contribution in [0.5, 0.6) is 0 Å². The molecule has 6 rings (SSSR count). The first-order valence-corrected chi connectivity index (χ1v) is 12.8. The molecule has 3 N–H and O–H groups in total. The van der Waals surface area contributed by atoms with E-state index in [0.717, 1.165) is 24.6 Å². The Bertz CT molecular complexity index is 1690. The number of anilines is 2. The lowest BCUT2D eigenvalue weighted by Crippen LogP contribution is -2.46. The van der Waals surface area contributed by atoms with Crippen LogP contribution in [0.4, 0.5) is 29.2 Å². The van der Waals surface area contributed by atoms with E-state index in [4.69, 9.17) is 5.73 Å². The lowest BCUT2D eigenvalue weighted by molar-refractivity contribution is -0.138. The summed E-state index contributed by atoms with van der Waals surface area (Å²) in [5.74, 6) is -1.84. The van der Waals surface area contributed by atoms with Crippen molar-refractivity contribution in [3.8, 4) is 0 Å². The zero-order chi connectivity index (χ0) is 27.8. The van der Waals surface area contributed by atoms with E-state index in [1.165, 1.54) is 28.8 Å². The van der Waals surface area contributed by atoms with Gasteiger partial charge in [0.1, 0.15) is 35.0 Å². The van der Waals surface area contributed by atoms with Gasteiger partial charge < -0.3 is 20.5 Å². The molecule has 0 radical (unpaired) electrons. The summed E-state index contributed by atoms with van der Waals surface area (Å²) in [6.45, 7) is 1.22. The number of rotatable bonds is 4. The first-order chi connectivity index (χ1) is 18.4. The van der Waals surface area contributed by atoms with Gasteiger partial charge in [0, 0.05) is 11.4 Å². The Kier molecular flexibility index (Phi) is 5.79. The van der Waals surface area contributed by atoms with Gasteiger partial charge in [-0.3, -0.25) is 9.59 Å². The Morgan fingerprint density at radius 1 is 1.21 bits per heavy atom. The van der Waals surface area contributed by atoms with E-state index in [2.05, 4.69) is 36.2 Å². The monoisotopic (exact) mass is 605 g/mol. The van der Waals surface area contributed by atoms with E-state index in [9.17, 15) is 27.2 Å². The average Bonchev–Trinajstić information content (AvgIpc) is 3.40. The number of nitrogen functional groups attached to an aromatic ring is 1. The second-order valence-electron chi connectivity index (χ2n) is 9.80. The molecule has 14 heteroatoms. The summed E-state index contributed by atoms with van der Waals surface area (Å²) < 4.78 is 56.8. The third-order valence-electron chi connectivity index (χ3n) is 7.32. The molecule has 3 aromatic heterocycles. The fourth-order valence-corrected chi connectivity index (χ4v) is 5.89. The van der Waals surface area contributed by atoms with E-state index < -0.39 is 35.4 Å². The second-order valence-corrected chi connectivity index (χ2v) is 10.6. The maximum absolute atomic E-state index is 14.2. The van der Waals surface area contributed by atoms with Crippen LogP contribution >= 0.6 is 15.9 Å². The van der Waals surface area contributed by atoms with Crippen molar-refractivity contribution in [2.75, 3.05) is 11.1 Å². The van der Waals surface area contributed by atoms with Crippen LogP contribution in [-0.2, 0) is 22.3 Å². The van der Waals surface area contributed by atoms with E-state index >= 15 is 0 Å². The number of pyridine rings is 1. The number of alkyl halides is 3. The number of carbonyl (C=O) groups is 2. The third kappa shape index (κ3) is 4.26. The molecule has 9 nitrogen and oxygen atoms in total. The highest BCUT2D eigenvalue weighted by Gasteiger charge is 2.56. The lowest BCUT2D eigenvalue weighted by atomic mass is 10.1. The molecule has 2 amide bonds. The molecule has 0 spiro atoms. The standard InChI is InChI=1S/C25H20BrF4N7O2/c1-10-4-12(25(28,29)30)7-13-19-21(31)32-9-33-23(19)36(20(10)13)8-18(38)37-15-5-11(15)6-16(37)24(39)35-22-14(27)2-3-17(26)34-22/h2-4,7,9,11,15-16H,5-6,8H2,1H3,(H2,31,32,33)(H,34,35,39)/t11?,15-,16+/m1/s1. The van der Waals surface area contributed by atoms with Crippen molar-refractivity contribution in [2.24, 2.45) is 5.92 Å². The number of hydrogen-bond acceptors (Lipinski definition) is 6. The van der Waals surface area contributed by atoms with Crippen LogP contribution < -0.4 is 11.1 Å². The fourth-order valence-electron chi connectivity index (χ4n) is 5.58. The number of aromatic nitrogens is 4. The number of nitrogens with two attached hydrogens (primary N) is 1. The van der Waals surface area contributed by atoms with Gasteiger partial charge in [-0.05, 0) is 71.4 Å². The number of halogens is 5. The van der Waals surface area contributed by atoms with Crippen molar-refractivity contribution in [1.29, 1.82) is 0 Å². The first kappa shape index (κ1) is 25.5. The van der Waals surface area contributed by atoms with Gasteiger partial charge in [0.25, 0.3) is 0 Å². The topological polar surface area (TPSA) is 119 Å². The molecule has 3 atom stereocenters. The fraction of sp³-hybridized carbons (Fsp3) is 0.320. The molecule has 1 saturated heterocycles. The van der Waals surface area contributed by atoms with Crippen molar-refractivity contribution in [2.45, 2.75) is 44.6 Å². The minimum absolute atomic E-state index is 0.0147. The van der Waals surface area contributed by atoms with Gasteiger partial charge in [-0.15, -0.1) is 0 Å². The highest BCUT2D eigenvalue weighted by atomic mass is 79.9. The third-order valence-corrected chi connectivity index (χ3v) is 7.76. The smallest absolute Gasteiger partial charge is 0.383 e. The Morgan fingerprint density at radius 2 is 1.97 bits per heavy atom. The number of likely N-dealkylation sites (tertiary alicyclic amines) is 1. The second kappa shape index (κ2) is 8.86. The summed E-state index contributed by atoms with van der Waals surface area (Å²) in [5.41, 5.74) is 6.05. The quantitative estimate of drug-likeness (QED) is 0.263. The molecule has 39 heavy (non-hydrogen) atoms. The summed E-state index contributed by atoms with van der Waals surface area (Å²) in [5, 5.41) is 2.87. The van der Waals surface area contributed by atoms with Gasteiger partial charge in [-0.25, -0.2) is 19.3 Å². The van der Waals surface area contributed by atoms with Gasteiger partial charge in [0.15, 0.2) is 11.6 Å². The summed E-state index contributed by atoms with van der Waals surface area (Å²) in [4.78, 5) is 40.5. The molecule has 0 bridgehead atoms. The zero-order valence-corrected chi connectivity index (χ0v) is 21.8. The molecule has 202 valence electrons. The van der Waals surface area contributed by atoms with Gasteiger partial charge in [-0.1, -0.05) is 0 Å². The van der Waals surface area contributed by atoms with Gasteiger partial charge in [0.05, 0.1) is 16.5 Å². The molecule has 1 aliphatic carbocycles. The van der Waals surface area contributed by atoms with E-state index in [0.29, 0.717) is 16.5 Å². The highest BCUT2D eigenvalue weighted by molar-refractivity contribution is 9.10. The molecule has 1 saturated carbocycles. The van der Waals surface area contributed by atoms with Crippen LogP contribution in [0.1, 0.15) is 24.0 Å². The van der Waals surface area contributed by atoms with Crippen molar-refractivity contribution in [3.63, 3.8) is 0 Å². The van der Waals surface area contributed by atoms with Crippen molar-refractivity contribution < 1.29 is 27.2 Å². The Morgan fingerprint density at radius 3 is 2.72 bits per heavy atom. The number of piperidine rings is 1. The molecule has 1 unspecified atom stereocenters. The van der Waals surface area contributed by atoms with Crippen LogP contribution in [-0.4, -0.2) is 48.3 Å². The Hall–Kier alpha value is -3.81.